The molecular weight excluding hydrogens is 358 g/mol. The van der Waals surface area contributed by atoms with Crippen molar-refractivity contribution in [3.05, 3.63) is 44.4 Å². The number of esters is 1. The maximum atomic E-state index is 12.5. The van der Waals surface area contributed by atoms with Gasteiger partial charge >= 0.3 is 10.8 Å². The molecule has 2 atom stereocenters. The Morgan fingerprint density at radius 2 is 2.24 bits per heavy atom. The topological polar surface area (TPSA) is 57.5 Å². The van der Waals surface area contributed by atoms with Crippen molar-refractivity contribution in [2.45, 2.75) is 30.8 Å². The molecule has 2 aliphatic rings. The van der Waals surface area contributed by atoms with Gasteiger partial charge in [-0.05, 0) is 13.0 Å². The predicted octanol–water partition coefficient (Wildman–Crippen LogP) is 3.11. The Hall–Kier alpha value is -1.73. The van der Waals surface area contributed by atoms with Crippen LogP contribution in [0.5, 0.6) is 5.75 Å². The number of carbonyl (C=O) groups is 1. The lowest BCUT2D eigenvalue weighted by Gasteiger charge is -2.36. The van der Waals surface area contributed by atoms with Gasteiger partial charge in [0.15, 0.2) is 0 Å². The van der Waals surface area contributed by atoms with Crippen LogP contribution in [0.25, 0.3) is 0 Å². The van der Waals surface area contributed by atoms with E-state index in [1.165, 1.54) is 16.9 Å². The van der Waals surface area contributed by atoms with Crippen LogP contribution in [-0.2, 0) is 16.1 Å². The normalized spacial score (nSPS) is 20.8. The molecule has 0 amide bonds. The molecule has 4 rings (SSSR count). The summed E-state index contributed by atoms with van der Waals surface area (Å²) in [7, 11) is 0. The van der Waals surface area contributed by atoms with Gasteiger partial charge in [0.1, 0.15) is 5.75 Å². The molecule has 0 saturated heterocycles. The predicted molar refractivity (Wildman–Crippen MR) is 97.8 cm³/mol. The molecule has 0 bridgehead atoms. The van der Waals surface area contributed by atoms with E-state index in [0.29, 0.717) is 25.7 Å². The second-order valence-corrected chi connectivity index (χ2v) is 8.14. The zero-order valence-electron chi connectivity index (χ0n) is 13.9. The number of thioether (sulfide) groups is 1. The number of fused-ring (bicyclic) bond motifs is 5. The van der Waals surface area contributed by atoms with Gasteiger partial charge in [-0.25, -0.2) is 0 Å². The third kappa shape index (κ3) is 3.00. The van der Waals surface area contributed by atoms with Gasteiger partial charge in [-0.15, -0.1) is 11.8 Å². The second-order valence-electron chi connectivity index (χ2n) is 6.14. The number of carbonyl (C=O) groups excluding carboxylic acids is 1. The maximum Gasteiger partial charge on any atom is 0.308 e. The molecule has 1 aromatic heterocycles. The van der Waals surface area contributed by atoms with Gasteiger partial charge in [0.2, 0.25) is 0 Å². The highest BCUT2D eigenvalue weighted by Crippen LogP contribution is 2.50. The van der Waals surface area contributed by atoms with E-state index >= 15 is 0 Å². The fourth-order valence-corrected chi connectivity index (χ4v) is 6.23. The van der Waals surface area contributed by atoms with Crippen LogP contribution in [-0.4, -0.2) is 29.5 Å². The van der Waals surface area contributed by atoms with E-state index < -0.39 is 0 Å². The summed E-state index contributed by atoms with van der Waals surface area (Å²) in [6.07, 6.45) is 0.227. The summed E-state index contributed by atoms with van der Waals surface area (Å²) in [6.45, 7) is 3.22. The van der Waals surface area contributed by atoms with Crippen molar-refractivity contribution in [1.82, 2.24) is 4.57 Å². The molecule has 0 saturated carbocycles. The molecule has 0 unspecified atom stereocenters. The van der Waals surface area contributed by atoms with Gasteiger partial charge in [0.25, 0.3) is 0 Å². The van der Waals surface area contributed by atoms with Crippen molar-refractivity contribution >= 4 is 29.1 Å². The smallest absolute Gasteiger partial charge is 0.308 e. The summed E-state index contributed by atoms with van der Waals surface area (Å²) >= 11 is 3.01. The number of benzene rings is 1. The van der Waals surface area contributed by atoms with Gasteiger partial charge in [-0.1, -0.05) is 29.5 Å². The summed E-state index contributed by atoms with van der Waals surface area (Å²) in [6, 6.07) is 8.09. The summed E-state index contributed by atoms with van der Waals surface area (Å²) in [4.78, 5) is 25.3. The minimum absolute atomic E-state index is 0.00595. The molecule has 2 aromatic rings. The Kier molecular flexibility index (Phi) is 4.60. The SMILES string of the molecule is CCOC(=O)CCn1c2c(sc1=O)[C@H]1c3ccccc3OC[C@H]1CS2. The van der Waals surface area contributed by atoms with Crippen molar-refractivity contribution in [1.29, 1.82) is 0 Å². The number of ether oxygens (including phenoxy) is 2. The molecule has 2 aliphatic heterocycles. The zero-order chi connectivity index (χ0) is 17.4. The quantitative estimate of drug-likeness (QED) is 0.767. The standard InChI is InChI=1S/C18H19NO4S2/c1-2-22-14(20)7-8-19-17-16(25-18(19)21)15-11(10-24-17)9-23-13-6-4-3-5-12(13)15/h3-6,11,15H,2,7-10H2,1H3/t11-,15+/m0/s1. The van der Waals surface area contributed by atoms with Crippen molar-refractivity contribution in [3.8, 4) is 5.75 Å². The Morgan fingerprint density at radius 1 is 1.40 bits per heavy atom. The minimum Gasteiger partial charge on any atom is -0.493 e. The van der Waals surface area contributed by atoms with Crippen LogP contribution < -0.4 is 9.61 Å². The van der Waals surface area contributed by atoms with Gasteiger partial charge in [-0.3, -0.25) is 14.2 Å². The molecular formula is C18H19NO4S2. The van der Waals surface area contributed by atoms with E-state index in [1.807, 2.05) is 18.2 Å². The molecule has 1 aromatic carbocycles. The minimum atomic E-state index is -0.260. The van der Waals surface area contributed by atoms with E-state index in [9.17, 15) is 9.59 Å². The van der Waals surface area contributed by atoms with Crippen LogP contribution in [0.4, 0.5) is 0 Å². The average molecular weight is 377 g/mol. The number of hydrogen-bond acceptors (Lipinski definition) is 6. The van der Waals surface area contributed by atoms with Crippen LogP contribution in [0, 0.1) is 5.92 Å². The summed E-state index contributed by atoms with van der Waals surface area (Å²) < 4.78 is 12.6. The van der Waals surface area contributed by atoms with Crippen LogP contribution in [0.2, 0.25) is 0 Å². The monoisotopic (exact) mass is 377 g/mol. The van der Waals surface area contributed by atoms with Crippen molar-refractivity contribution in [2.24, 2.45) is 5.92 Å². The molecule has 5 nitrogen and oxygen atoms in total. The highest BCUT2D eigenvalue weighted by molar-refractivity contribution is 7.99. The largest absolute Gasteiger partial charge is 0.493 e. The number of thiazole rings is 1. The van der Waals surface area contributed by atoms with Gasteiger partial charge in [0.05, 0.1) is 24.7 Å². The number of aromatic nitrogens is 1. The Bertz CT molecular complexity index is 857. The lowest BCUT2D eigenvalue weighted by atomic mass is 9.84. The number of nitrogens with zero attached hydrogens (tertiary/aromatic N) is 1. The van der Waals surface area contributed by atoms with Crippen molar-refractivity contribution in [2.75, 3.05) is 19.0 Å². The van der Waals surface area contributed by atoms with Crippen LogP contribution in [0.3, 0.4) is 0 Å². The van der Waals surface area contributed by atoms with E-state index in [1.54, 1.807) is 23.3 Å². The molecule has 0 aliphatic carbocycles. The zero-order valence-corrected chi connectivity index (χ0v) is 15.5. The molecule has 0 spiro atoms. The van der Waals surface area contributed by atoms with Crippen LogP contribution in [0.15, 0.2) is 34.1 Å². The lowest BCUT2D eigenvalue weighted by Crippen LogP contribution is -2.31. The number of para-hydroxylation sites is 1. The van der Waals surface area contributed by atoms with E-state index in [2.05, 4.69) is 6.07 Å². The fraction of sp³-hybridized carbons (Fsp3) is 0.444. The second kappa shape index (κ2) is 6.88. The summed E-state index contributed by atoms with van der Waals surface area (Å²) in [5.41, 5.74) is 1.17. The lowest BCUT2D eigenvalue weighted by molar-refractivity contribution is -0.143. The molecule has 132 valence electrons. The Balaban J connectivity index is 1.68. The van der Waals surface area contributed by atoms with Crippen molar-refractivity contribution < 1.29 is 14.3 Å². The highest BCUT2D eigenvalue weighted by atomic mass is 32.2. The molecule has 0 fully saturated rings. The first-order valence-corrected chi connectivity index (χ1v) is 10.2. The van der Waals surface area contributed by atoms with E-state index in [0.717, 1.165) is 21.4 Å². The Morgan fingerprint density at radius 3 is 3.08 bits per heavy atom. The van der Waals surface area contributed by atoms with Crippen LogP contribution in [0.1, 0.15) is 29.7 Å². The van der Waals surface area contributed by atoms with Crippen LogP contribution >= 0.6 is 23.1 Å². The molecule has 0 radical (unpaired) electrons. The first kappa shape index (κ1) is 16.7. The average Bonchev–Trinajstić information content (AvgIpc) is 2.95. The maximum absolute atomic E-state index is 12.5. The van der Waals surface area contributed by atoms with Crippen molar-refractivity contribution in [3.63, 3.8) is 0 Å². The molecule has 25 heavy (non-hydrogen) atoms. The third-order valence-electron chi connectivity index (χ3n) is 4.61. The fourth-order valence-electron chi connectivity index (χ4n) is 3.48. The molecule has 0 N–H and O–H groups in total. The first-order valence-electron chi connectivity index (χ1n) is 8.42. The number of hydrogen-bond donors (Lipinski definition) is 0. The molecule has 3 heterocycles. The number of rotatable bonds is 4. The first-order chi connectivity index (χ1) is 12.2. The highest BCUT2D eigenvalue weighted by Gasteiger charge is 2.39. The third-order valence-corrected chi connectivity index (χ3v) is 7.11. The van der Waals surface area contributed by atoms with Gasteiger partial charge in [-0.2, -0.15) is 0 Å². The van der Waals surface area contributed by atoms with E-state index in [4.69, 9.17) is 9.47 Å². The van der Waals surface area contributed by atoms with Gasteiger partial charge in [0, 0.05) is 34.6 Å². The Labute approximate surface area is 154 Å². The summed E-state index contributed by atoms with van der Waals surface area (Å²) in [5.74, 6) is 2.17. The van der Waals surface area contributed by atoms with E-state index in [-0.39, 0.29) is 23.2 Å². The summed E-state index contributed by atoms with van der Waals surface area (Å²) in [5, 5.41) is 1.01. The van der Waals surface area contributed by atoms with Gasteiger partial charge < -0.3 is 9.47 Å². The molecule has 7 heteroatoms.